The Morgan fingerprint density at radius 2 is 1.87 bits per heavy atom. The van der Waals surface area contributed by atoms with E-state index in [-0.39, 0.29) is 11.3 Å². The molecular formula is C14H6F3IN2O3. The molecule has 1 aromatic heterocycles. The quantitative estimate of drug-likeness (QED) is 0.277. The highest BCUT2D eigenvalue weighted by molar-refractivity contribution is 14.1. The summed E-state index contributed by atoms with van der Waals surface area (Å²) in [5, 5.41) is 10.6. The monoisotopic (exact) mass is 434 g/mol. The lowest BCUT2D eigenvalue weighted by molar-refractivity contribution is -0.382. The minimum Gasteiger partial charge on any atom is -0.449 e. The number of hydrogen-bond acceptors (Lipinski definition) is 4. The Bertz CT molecular complexity index is 972. The third kappa shape index (κ3) is 2.40. The van der Waals surface area contributed by atoms with Crippen LogP contribution in [0.5, 0.6) is 0 Å². The number of rotatable bonds is 2. The second kappa shape index (κ2) is 5.41. The maximum atomic E-state index is 14.0. The number of benzene rings is 2. The molecule has 0 atom stereocenters. The van der Waals surface area contributed by atoms with E-state index in [0.717, 1.165) is 6.07 Å². The van der Waals surface area contributed by atoms with Crippen LogP contribution in [0.25, 0.3) is 22.3 Å². The number of nitro groups is 1. The minimum absolute atomic E-state index is 0.0331. The third-order valence-electron chi connectivity index (χ3n) is 3.25. The van der Waals surface area contributed by atoms with Gasteiger partial charge in [0, 0.05) is 3.57 Å². The first-order chi connectivity index (χ1) is 10.8. The molecule has 0 aliphatic heterocycles. The number of halogens is 4. The smallest absolute Gasteiger partial charge is 0.338 e. The van der Waals surface area contributed by atoms with Crippen LogP contribution in [-0.4, -0.2) is 4.92 Å². The topological polar surface area (TPSA) is 82.3 Å². The summed E-state index contributed by atoms with van der Waals surface area (Å²) in [5.74, 6) is -3.75. The van der Waals surface area contributed by atoms with Crippen molar-refractivity contribution in [3.63, 3.8) is 0 Å². The van der Waals surface area contributed by atoms with Crippen LogP contribution in [0.1, 0.15) is 0 Å². The Labute approximate surface area is 140 Å². The molecule has 0 saturated carbocycles. The van der Waals surface area contributed by atoms with Gasteiger partial charge in [-0.2, -0.15) is 0 Å². The van der Waals surface area contributed by atoms with Crippen molar-refractivity contribution >= 4 is 44.9 Å². The highest BCUT2D eigenvalue weighted by atomic mass is 127. The van der Waals surface area contributed by atoms with Crippen LogP contribution in [0, 0.1) is 31.1 Å². The summed E-state index contributed by atoms with van der Waals surface area (Å²) in [5.41, 5.74) is 2.82. The molecular weight excluding hydrogens is 428 g/mol. The van der Waals surface area contributed by atoms with Crippen molar-refractivity contribution in [2.45, 2.75) is 0 Å². The van der Waals surface area contributed by atoms with Crippen LogP contribution in [0.3, 0.4) is 0 Å². The van der Waals surface area contributed by atoms with Gasteiger partial charge in [-0.15, -0.1) is 0 Å². The molecule has 0 spiro atoms. The minimum atomic E-state index is -1.54. The van der Waals surface area contributed by atoms with Crippen molar-refractivity contribution < 1.29 is 22.5 Å². The fourth-order valence-corrected chi connectivity index (χ4v) is 2.65. The number of fused-ring (bicyclic) bond motifs is 1. The molecule has 1 heterocycles. The SMILES string of the molecule is Nc1c(F)c(F)c2cc(-c3ccc(I)cc3F)oc2c1[N+](=O)[O-]. The summed E-state index contributed by atoms with van der Waals surface area (Å²) >= 11 is 1.90. The van der Waals surface area contributed by atoms with Gasteiger partial charge in [-0.1, -0.05) is 0 Å². The standard InChI is InChI=1S/C14H6F3IN2O3/c15-8-3-5(18)1-2-6(8)9-4-7-10(16)11(17)12(19)13(20(21)22)14(7)23-9/h1-4H,19H2. The van der Waals surface area contributed by atoms with Crippen LogP contribution in [-0.2, 0) is 0 Å². The molecule has 0 saturated heterocycles. The number of nitrogens with two attached hydrogens (primary N) is 1. The number of nitrogens with zero attached hydrogens (tertiary/aromatic N) is 1. The molecule has 3 aromatic rings. The first-order valence-corrected chi connectivity index (χ1v) is 7.19. The molecule has 0 bridgehead atoms. The average Bonchev–Trinajstić information content (AvgIpc) is 2.89. The Morgan fingerprint density at radius 3 is 2.48 bits per heavy atom. The van der Waals surface area contributed by atoms with Gasteiger partial charge in [0.15, 0.2) is 17.3 Å². The Hall–Kier alpha value is -2.30. The summed E-state index contributed by atoms with van der Waals surface area (Å²) in [4.78, 5) is 10.1. The van der Waals surface area contributed by atoms with E-state index in [2.05, 4.69) is 0 Å². The molecule has 0 aliphatic rings. The molecule has 3 rings (SSSR count). The zero-order chi connectivity index (χ0) is 16.9. The Morgan fingerprint density at radius 1 is 1.17 bits per heavy atom. The number of hydrogen-bond donors (Lipinski definition) is 1. The lowest BCUT2D eigenvalue weighted by Gasteiger charge is -2.01. The van der Waals surface area contributed by atoms with E-state index in [4.69, 9.17) is 10.2 Å². The molecule has 9 heteroatoms. The van der Waals surface area contributed by atoms with Crippen molar-refractivity contribution in [2.75, 3.05) is 5.73 Å². The van der Waals surface area contributed by atoms with Crippen molar-refractivity contribution in [3.05, 3.63) is 55.4 Å². The van der Waals surface area contributed by atoms with Gasteiger partial charge in [-0.3, -0.25) is 10.1 Å². The lowest BCUT2D eigenvalue weighted by Crippen LogP contribution is -2.01. The molecule has 5 nitrogen and oxygen atoms in total. The molecule has 2 N–H and O–H groups in total. The summed E-state index contributed by atoms with van der Waals surface area (Å²) in [7, 11) is 0. The van der Waals surface area contributed by atoms with E-state index in [1.54, 1.807) is 6.07 Å². The summed E-state index contributed by atoms with van der Waals surface area (Å²) in [6, 6.07) is 5.17. The second-order valence-electron chi connectivity index (χ2n) is 4.62. The molecule has 0 amide bonds. The van der Waals surface area contributed by atoms with Gasteiger partial charge in [0.05, 0.1) is 15.9 Å². The largest absolute Gasteiger partial charge is 0.449 e. The highest BCUT2D eigenvalue weighted by Gasteiger charge is 2.29. The molecule has 0 unspecified atom stereocenters. The molecule has 0 aliphatic carbocycles. The van der Waals surface area contributed by atoms with Crippen molar-refractivity contribution in [3.8, 4) is 11.3 Å². The predicted molar refractivity (Wildman–Crippen MR) is 85.3 cm³/mol. The number of furan rings is 1. The highest BCUT2D eigenvalue weighted by Crippen LogP contribution is 2.40. The van der Waals surface area contributed by atoms with Crippen molar-refractivity contribution in [1.82, 2.24) is 0 Å². The van der Waals surface area contributed by atoms with Crippen LogP contribution in [0.2, 0.25) is 0 Å². The van der Waals surface area contributed by atoms with Crippen LogP contribution >= 0.6 is 22.6 Å². The number of nitro benzene ring substituents is 1. The molecule has 2 aromatic carbocycles. The van der Waals surface area contributed by atoms with Crippen LogP contribution in [0.15, 0.2) is 28.7 Å². The average molecular weight is 434 g/mol. The molecule has 23 heavy (non-hydrogen) atoms. The maximum absolute atomic E-state index is 14.0. The zero-order valence-corrected chi connectivity index (χ0v) is 13.2. The van der Waals surface area contributed by atoms with Crippen LogP contribution < -0.4 is 5.73 Å². The van der Waals surface area contributed by atoms with Gasteiger partial charge in [0.25, 0.3) is 0 Å². The molecule has 0 radical (unpaired) electrons. The van der Waals surface area contributed by atoms with Gasteiger partial charge in [0.2, 0.25) is 5.58 Å². The fraction of sp³-hybridized carbons (Fsp3) is 0. The normalized spacial score (nSPS) is 11.1. The first-order valence-electron chi connectivity index (χ1n) is 6.11. The molecule has 0 fully saturated rings. The van der Waals surface area contributed by atoms with Gasteiger partial charge in [-0.05, 0) is 46.9 Å². The third-order valence-corrected chi connectivity index (χ3v) is 3.92. The van der Waals surface area contributed by atoms with Crippen molar-refractivity contribution in [2.24, 2.45) is 0 Å². The van der Waals surface area contributed by atoms with E-state index in [1.165, 1.54) is 12.1 Å². The van der Waals surface area contributed by atoms with E-state index in [0.29, 0.717) is 3.57 Å². The van der Waals surface area contributed by atoms with E-state index in [1.807, 2.05) is 22.6 Å². The van der Waals surface area contributed by atoms with Gasteiger partial charge < -0.3 is 10.2 Å². The number of nitrogen functional groups attached to an aromatic ring is 1. The summed E-state index contributed by atoms with van der Waals surface area (Å²) < 4.78 is 47.5. The van der Waals surface area contributed by atoms with Gasteiger partial charge in [0.1, 0.15) is 11.6 Å². The van der Waals surface area contributed by atoms with E-state index in [9.17, 15) is 23.3 Å². The maximum Gasteiger partial charge on any atom is 0.338 e. The first kappa shape index (κ1) is 15.6. The predicted octanol–water partition coefficient (Wildman–Crippen LogP) is 4.61. The van der Waals surface area contributed by atoms with Crippen molar-refractivity contribution in [1.29, 1.82) is 0 Å². The number of anilines is 1. The summed E-state index contributed by atoms with van der Waals surface area (Å²) in [6.07, 6.45) is 0. The van der Waals surface area contributed by atoms with E-state index < -0.39 is 44.7 Å². The molecule has 118 valence electrons. The van der Waals surface area contributed by atoms with Gasteiger partial charge >= 0.3 is 5.69 Å². The summed E-state index contributed by atoms with van der Waals surface area (Å²) in [6.45, 7) is 0. The van der Waals surface area contributed by atoms with E-state index >= 15 is 0 Å². The zero-order valence-electron chi connectivity index (χ0n) is 11.1. The van der Waals surface area contributed by atoms with Gasteiger partial charge in [-0.25, -0.2) is 13.2 Å². The Balaban J connectivity index is 2.37. The van der Waals surface area contributed by atoms with Crippen LogP contribution in [0.4, 0.5) is 24.5 Å². The fourth-order valence-electron chi connectivity index (χ4n) is 2.20. The lowest BCUT2D eigenvalue weighted by atomic mass is 10.1. The Kier molecular flexibility index (Phi) is 3.66. The second-order valence-corrected chi connectivity index (χ2v) is 5.87.